The van der Waals surface area contributed by atoms with Gasteiger partial charge in [-0.3, -0.25) is 0 Å². The van der Waals surface area contributed by atoms with Crippen molar-refractivity contribution in [2.45, 2.75) is 13.5 Å². The van der Waals surface area contributed by atoms with Crippen LogP contribution in [0.25, 0.3) is 0 Å². The smallest absolute Gasteiger partial charge is 0.131 e. The second-order valence-electron chi connectivity index (χ2n) is 4.70. The predicted octanol–water partition coefficient (Wildman–Crippen LogP) is 3.52. The maximum atomic E-state index is 5.95. The second kappa shape index (κ2) is 7.68. The molecule has 1 N–H and O–H groups in total. The Bertz CT molecular complexity index is 526. The third-order valence-corrected chi connectivity index (χ3v) is 2.99. The van der Waals surface area contributed by atoms with Crippen LogP contribution in [-0.4, -0.2) is 20.3 Å². The number of hydrogen-bond acceptors (Lipinski definition) is 3. The summed E-state index contributed by atoms with van der Waals surface area (Å²) >= 11 is 0. The summed E-state index contributed by atoms with van der Waals surface area (Å²) in [5, 5.41) is 3.35. The first-order valence-electron chi connectivity index (χ1n) is 6.81. The molecule has 106 valence electrons. The number of rotatable bonds is 7. The van der Waals surface area contributed by atoms with Gasteiger partial charge in [0.05, 0.1) is 6.61 Å². The van der Waals surface area contributed by atoms with Crippen LogP contribution in [0.15, 0.2) is 48.5 Å². The normalized spacial score (nSPS) is 10.5. The van der Waals surface area contributed by atoms with Crippen molar-refractivity contribution in [3.05, 3.63) is 59.7 Å². The van der Waals surface area contributed by atoms with Gasteiger partial charge in [0.1, 0.15) is 11.5 Å². The molecule has 0 unspecified atom stereocenters. The fourth-order valence-corrected chi connectivity index (χ4v) is 1.96. The first-order chi connectivity index (χ1) is 9.79. The summed E-state index contributed by atoms with van der Waals surface area (Å²) in [6.07, 6.45) is 0. The van der Waals surface area contributed by atoms with Gasteiger partial charge in [0.15, 0.2) is 0 Å². The molecule has 20 heavy (non-hydrogen) atoms. The highest BCUT2D eigenvalue weighted by molar-refractivity contribution is 5.40. The molecule has 3 nitrogen and oxygen atoms in total. The Morgan fingerprint density at radius 2 is 1.85 bits per heavy atom. The lowest BCUT2D eigenvalue weighted by molar-refractivity contribution is 0.199. The summed E-state index contributed by atoms with van der Waals surface area (Å²) in [5.74, 6) is 1.75. The lowest BCUT2D eigenvalue weighted by Gasteiger charge is -2.13. The number of nitrogens with one attached hydrogen (secondary N) is 1. The Hall–Kier alpha value is -1.84. The highest BCUT2D eigenvalue weighted by Gasteiger charge is 2.05. The summed E-state index contributed by atoms with van der Waals surface area (Å²) in [6.45, 7) is 4.40. The van der Waals surface area contributed by atoms with E-state index in [0.29, 0.717) is 6.61 Å². The standard InChI is InChI=1S/C17H21NO2/c1-14-8-9-17(20-16-6-4-3-5-7-16)15(12-14)13-18-10-11-19-2/h3-9,12,18H,10-11,13H2,1-2H3. The van der Waals surface area contributed by atoms with Crippen molar-refractivity contribution in [1.29, 1.82) is 0 Å². The van der Waals surface area contributed by atoms with Crippen LogP contribution >= 0.6 is 0 Å². The third-order valence-electron chi connectivity index (χ3n) is 2.99. The summed E-state index contributed by atoms with van der Waals surface area (Å²) in [7, 11) is 1.71. The average molecular weight is 271 g/mol. The van der Waals surface area contributed by atoms with E-state index in [2.05, 4.69) is 24.4 Å². The minimum Gasteiger partial charge on any atom is -0.457 e. The number of aryl methyl sites for hydroxylation is 1. The molecule has 0 amide bonds. The summed E-state index contributed by atoms with van der Waals surface area (Å²) < 4.78 is 11.0. The van der Waals surface area contributed by atoms with Gasteiger partial charge in [-0.15, -0.1) is 0 Å². The largest absolute Gasteiger partial charge is 0.457 e. The van der Waals surface area contributed by atoms with E-state index in [-0.39, 0.29) is 0 Å². The molecule has 0 saturated heterocycles. The van der Waals surface area contributed by atoms with Crippen molar-refractivity contribution in [2.24, 2.45) is 0 Å². The first kappa shape index (κ1) is 14.6. The molecule has 0 heterocycles. The average Bonchev–Trinajstić information content (AvgIpc) is 2.47. The molecule has 3 heteroatoms. The highest BCUT2D eigenvalue weighted by atomic mass is 16.5. The van der Waals surface area contributed by atoms with Gasteiger partial charge < -0.3 is 14.8 Å². The second-order valence-corrected chi connectivity index (χ2v) is 4.70. The molecule has 2 rings (SSSR count). The molecule has 0 atom stereocenters. The molecule has 0 spiro atoms. The highest BCUT2D eigenvalue weighted by Crippen LogP contribution is 2.26. The van der Waals surface area contributed by atoms with Crippen molar-refractivity contribution >= 4 is 0 Å². The van der Waals surface area contributed by atoms with Crippen LogP contribution in [0, 0.1) is 6.92 Å². The van der Waals surface area contributed by atoms with Crippen LogP contribution in [0.1, 0.15) is 11.1 Å². The summed E-state index contributed by atoms with van der Waals surface area (Å²) in [5.41, 5.74) is 2.39. The van der Waals surface area contributed by atoms with E-state index >= 15 is 0 Å². The zero-order chi connectivity index (χ0) is 14.2. The molecule has 0 radical (unpaired) electrons. The lowest BCUT2D eigenvalue weighted by atomic mass is 10.1. The fourth-order valence-electron chi connectivity index (χ4n) is 1.96. The number of para-hydroxylation sites is 1. The van der Waals surface area contributed by atoms with Crippen molar-refractivity contribution in [3.63, 3.8) is 0 Å². The SMILES string of the molecule is COCCNCc1cc(C)ccc1Oc1ccccc1. The topological polar surface area (TPSA) is 30.5 Å². The maximum Gasteiger partial charge on any atom is 0.131 e. The predicted molar refractivity (Wildman–Crippen MR) is 81.3 cm³/mol. The first-order valence-corrected chi connectivity index (χ1v) is 6.81. The molecular weight excluding hydrogens is 250 g/mol. The monoisotopic (exact) mass is 271 g/mol. The van der Waals surface area contributed by atoms with Crippen molar-refractivity contribution in [3.8, 4) is 11.5 Å². The van der Waals surface area contributed by atoms with Crippen molar-refractivity contribution in [2.75, 3.05) is 20.3 Å². The van der Waals surface area contributed by atoms with Gasteiger partial charge in [0, 0.05) is 25.8 Å². The van der Waals surface area contributed by atoms with E-state index in [9.17, 15) is 0 Å². The van der Waals surface area contributed by atoms with Gasteiger partial charge in [0.2, 0.25) is 0 Å². The van der Waals surface area contributed by atoms with Gasteiger partial charge in [-0.1, -0.05) is 35.9 Å². The van der Waals surface area contributed by atoms with Crippen LogP contribution in [0.2, 0.25) is 0 Å². The number of hydrogen-bond donors (Lipinski definition) is 1. The molecule has 0 fully saturated rings. The molecular formula is C17H21NO2. The zero-order valence-electron chi connectivity index (χ0n) is 12.1. The zero-order valence-corrected chi connectivity index (χ0v) is 12.1. The Kier molecular flexibility index (Phi) is 5.59. The Morgan fingerprint density at radius 1 is 1.05 bits per heavy atom. The third kappa shape index (κ3) is 4.37. The van der Waals surface area contributed by atoms with Crippen LogP contribution < -0.4 is 10.1 Å². The van der Waals surface area contributed by atoms with E-state index in [0.717, 1.165) is 30.2 Å². The van der Waals surface area contributed by atoms with Crippen LogP contribution in [0.5, 0.6) is 11.5 Å². The molecule has 0 bridgehead atoms. The minimum absolute atomic E-state index is 0.709. The van der Waals surface area contributed by atoms with Gasteiger partial charge in [-0.05, 0) is 25.1 Å². The number of methoxy groups -OCH3 is 1. The van der Waals surface area contributed by atoms with E-state index in [1.807, 2.05) is 36.4 Å². The van der Waals surface area contributed by atoms with Gasteiger partial charge in [-0.25, -0.2) is 0 Å². The quantitative estimate of drug-likeness (QED) is 0.782. The Labute approximate surface area is 120 Å². The fraction of sp³-hybridized carbons (Fsp3) is 0.294. The molecule has 0 aliphatic carbocycles. The Morgan fingerprint density at radius 3 is 2.60 bits per heavy atom. The van der Waals surface area contributed by atoms with Gasteiger partial charge in [-0.2, -0.15) is 0 Å². The van der Waals surface area contributed by atoms with E-state index in [1.54, 1.807) is 7.11 Å². The van der Waals surface area contributed by atoms with Gasteiger partial charge >= 0.3 is 0 Å². The number of benzene rings is 2. The van der Waals surface area contributed by atoms with Crippen LogP contribution in [0.4, 0.5) is 0 Å². The van der Waals surface area contributed by atoms with Crippen molar-refractivity contribution < 1.29 is 9.47 Å². The van der Waals surface area contributed by atoms with Crippen LogP contribution in [-0.2, 0) is 11.3 Å². The maximum absolute atomic E-state index is 5.95. The molecule has 2 aromatic carbocycles. The number of ether oxygens (including phenoxy) is 2. The minimum atomic E-state index is 0.709. The lowest BCUT2D eigenvalue weighted by Crippen LogP contribution is -2.18. The van der Waals surface area contributed by atoms with E-state index in [4.69, 9.17) is 9.47 Å². The molecule has 0 saturated carbocycles. The summed E-state index contributed by atoms with van der Waals surface area (Å²) in [6, 6.07) is 16.1. The molecule has 2 aromatic rings. The Balaban J connectivity index is 2.07. The van der Waals surface area contributed by atoms with E-state index in [1.165, 1.54) is 5.56 Å². The van der Waals surface area contributed by atoms with E-state index < -0.39 is 0 Å². The molecule has 0 aliphatic rings. The molecule has 0 aliphatic heterocycles. The van der Waals surface area contributed by atoms with Crippen molar-refractivity contribution in [1.82, 2.24) is 5.32 Å². The van der Waals surface area contributed by atoms with Gasteiger partial charge in [0.25, 0.3) is 0 Å². The summed E-state index contributed by atoms with van der Waals surface area (Å²) in [4.78, 5) is 0. The molecule has 0 aromatic heterocycles. The van der Waals surface area contributed by atoms with Crippen LogP contribution in [0.3, 0.4) is 0 Å².